The molecule has 1 aliphatic heterocycles. The lowest BCUT2D eigenvalue weighted by Crippen LogP contribution is -2.28. The molecule has 0 aromatic rings. The highest BCUT2D eigenvalue weighted by atomic mass is 15.1. The quantitative estimate of drug-likeness (QED) is 0.653. The molecule has 2 nitrogen and oxygen atoms in total. The summed E-state index contributed by atoms with van der Waals surface area (Å²) in [5.41, 5.74) is 1.27. The van der Waals surface area contributed by atoms with Crippen LogP contribution in [0, 0.1) is 5.92 Å². The Bertz CT molecular complexity index is 171. The molecule has 1 atom stereocenters. The van der Waals surface area contributed by atoms with E-state index in [1.54, 1.807) is 0 Å². The minimum absolute atomic E-state index is 0.911. The summed E-state index contributed by atoms with van der Waals surface area (Å²) >= 11 is 0. The second-order valence-electron chi connectivity index (χ2n) is 4.47. The van der Waals surface area contributed by atoms with Crippen molar-refractivity contribution in [1.82, 2.24) is 10.2 Å². The zero-order chi connectivity index (χ0) is 10.4. The van der Waals surface area contributed by atoms with Gasteiger partial charge in [0, 0.05) is 6.54 Å². The molecule has 0 spiro atoms. The average Bonchev–Trinajstić information content (AvgIpc) is 2.64. The van der Waals surface area contributed by atoms with Crippen LogP contribution < -0.4 is 5.32 Å². The van der Waals surface area contributed by atoms with Crippen LogP contribution in [0.5, 0.6) is 0 Å². The predicted molar refractivity (Wildman–Crippen MR) is 62.5 cm³/mol. The lowest BCUT2D eigenvalue weighted by Gasteiger charge is -2.21. The largest absolute Gasteiger partial charge is 0.316 e. The third-order valence-corrected chi connectivity index (χ3v) is 2.96. The summed E-state index contributed by atoms with van der Waals surface area (Å²) < 4.78 is 0. The Morgan fingerprint density at radius 2 is 2.36 bits per heavy atom. The van der Waals surface area contributed by atoms with Gasteiger partial charge in [0.15, 0.2) is 0 Å². The van der Waals surface area contributed by atoms with Gasteiger partial charge in [0.25, 0.3) is 0 Å². The molecule has 1 unspecified atom stereocenters. The molecule has 0 aromatic carbocycles. The molecule has 0 amide bonds. The van der Waals surface area contributed by atoms with Gasteiger partial charge in [-0.3, -0.25) is 4.90 Å². The van der Waals surface area contributed by atoms with Crippen molar-refractivity contribution in [2.45, 2.75) is 26.7 Å². The lowest BCUT2D eigenvalue weighted by atomic mass is 10.0. The molecular formula is C12H24N2. The van der Waals surface area contributed by atoms with Gasteiger partial charge in [-0.25, -0.2) is 0 Å². The molecule has 0 bridgehead atoms. The Kier molecular flexibility index (Phi) is 5.20. The Balaban J connectivity index is 2.15. The van der Waals surface area contributed by atoms with E-state index in [0.29, 0.717) is 0 Å². The van der Waals surface area contributed by atoms with Gasteiger partial charge in [-0.15, -0.1) is 0 Å². The van der Waals surface area contributed by atoms with Gasteiger partial charge < -0.3 is 5.32 Å². The standard InChI is InChI=1S/C12H24N2/c1-4-14(10-11(2)3)8-6-12-5-7-13-9-12/h12-13H,2,4-10H2,1,3H3. The maximum atomic E-state index is 3.97. The van der Waals surface area contributed by atoms with Crippen molar-refractivity contribution in [2.24, 2.45) is 5.92 Å². The van der Waals surface area contributed by atoms with E-state index in [1.165, 1.54) is 38.0 Å². The molecule has 0 saturated carbocycles. The fraction of sp³-hybridized carbons (Fsp3) is 0.833. The van der Waals surface area contributed by atoms with Crippen molar-refractivity contribution in [2.75, 3.05) is 32.7 Å². The van der Waals surface area contributed by atoms with Crippen LogP contribution in [-0.4, -0.2) is 37.6 Å². The van der Waals surface area contributed by atoms with Crippen LogP contribution in [0.4, 0.5) is 0 Å². The average molecular weight is 196 g/mol. The zero-order valence-electron chi connectivity index (χ0n) is 9.68. The first kappa shape index (κ1) is 11.7. The second kappa shape index (κ2) is 6.20. The van der Waals surface area contributed by atoms with E-state index in [0.717, 1.165) is 19.0 Å². The lowest BCUT2D eigenvalue weighted by molar-refractivity contribution is 0.286. The Morgan fingerprint density at radius 3 is 2.86 bits per heavy atom. The summed E-state index contributed by atoms with van der Waals surface area (Å²) in [6.45, 7) is 14.2. The highest BCUT2D eigenvalue weighted by molar-refractivity contribution is 4.91. The van der Waals surface area contributed by atoms with Crippen molar-refractivity contribution in [3.05, 3.63) is 12.2 Å². The minimum atomic E-state index is 0.911. The molecule has 2 heteroatoms. The van der Waals surface area contributed by atoms with Crippen LogP contribution in [0.15, 0.2) is 12.2 Å². The molecule has 1 saturated heterocycles. The molecular weight excluding hydrogens is 172 g/mol. The van der Waals surface area contributed by atoms with Gasteiger partial charge >= 0.3 is 0 Å². The van der Waals surface area contributed by atoms with Gasteiger partial charge in [0.2, 0.25) is 0 Å². The topological polar surface area (TPSA) is 15.3 Å². The smallest absolute Gasteiger partial charge is 0.0187 e. The third-order valence-electron chi connectivity index (χ3n) is 2.96. The molecule has 1 N–H and O–H groups in total. The highest BCUT2D eigenvalue weighted by Crippen LogP contribution is 2.12. The Hall–Kier alpha value is -0.340. The van der Waals surface area contributed by atoms with Crippen molar-refractivity contribution in [3.63, 3.8) is 0 Å². The third kappa shape index (κ3) is 4.25. The molecule has 14 heavy (non-hydrogen) atoms. The molecule has 0 aliphatic carbocycles. The van der Waals surface area contributed by atoms with Crippen molar-refractivity contribution in [3.8, 4) is 0 Å². The number of hydrogen-bond acceptors (Lipinski definition) is 2. The van der Waals surface area contributed by atoms with Gasteiger partial charge in [0.05, 0.1) is 0 Å². The fourth-order valence-electron chi connectivity index (χ4n) is 2.06. The number of nitrogens with one attached hydrogen (secondary N) is 1. The van der Waals surface area contributed by atoms with E-state index in [9.17, 15) is 0 Å². The summed E-state index contributed by atoms with van der Waals surface area (Å²) in [6, 6.07) is 0. The molecule has 1 fully saturated rings. The molecule has 82 valence electrons. The summed E-state index contributed by atoms with van der Waals surface area (Å²) in [5.74, 6) is 0.911. The second-order valence-corrected chi connectivity index (χ2v) is 4.47. The summed E-state index contributed by atoms with van der Waals surface area (Å²) in [6.07, 6.45) is 2.71. The van der Waals surface area contributed by atoms with Gasteiger partial charge in [-0.05, 0) is 51.9 Å². The van der Waals surface area contributed by atoms with Crippen LogP contribution in [-0.2, 0) is 0 Å². The highest BCUT2D eigenvalue weighted by Gasteiger charge is 2.15. The van der Waals surface area contributed by atoms with E-state index < -0.39 is 0 Å². The first-order valence-corrected chi connectivity index (χ1v) is 5.79. The van der Waals surface area contributed by atoms with E-state index in [2.05, 4.69) is 30.6 Å². The van der Waals surface area contributed by atoms with E-state index in [1.807, 2.05) is 0 Å². The Labute approximate surface area is 88.4 Å². The maximum absolute atomic E-state index is 3.97. The van der Waals surface area contributed by atoms with Crippen LogP contribution in [0.3, 0.4) is 0 Å². The minimum Gasteiger partial charge on any atom is -0.316 e. The number of likely N-dealkylation sites (N-methyl/N-ethyl adjacent to an activating group) is 1. The maximum Gasteiger partial charge on any atom is 0.0187 e. The first-order valence-electron chi connectivity index (χ1n) is 5.79. The Morgan fingerprint density at radius 1 is 1.57 bits per heavy atom. The van der Waals surface area contributed by atoms with Crippen LogP contribution in [0.1, 0.15) is 26.7 Å². The van der Waals surface area contributed by atoms with Crippen molar-refractivity contribution >= 4 is 0 Å². The van der Waals surface area contributed by atoms with Crippen LogP contribution in [0.2, 0.25) is 0 Å². The summed E-state index contributed by atoms with van der Waals surface area (Å²) in [4.78, 5) is 2.49. The van der Waals surface area contributed by atoms with Crippen molar-refractivity contribution in [1.29, 1.82) is 0 Å². The molecule has 0 aromatic heterocycles. The fourth-order valence-corrected chi connectivity index (χ4v) is 2.06. The molecule has 1 aliphatic rings. The monoisotopic (exact) mass is 196 g/mol. The summed E-state index contributed by atoms with van der Waals surface area (Å²) in [5, 5.41) is 3.42. The zero-order valence-corrected chi connectivity index (χ0v) is 9.68. The van der Waals surface area contributed by atoms with E-state index >= 15 is 0 Å². The summed E-state index contributed by atoms with van der Waals surface area (Å²) in [7, 11) is 0. The predicted octanol–water partition coefficient (Wildman–Crippen LogP) is 1.88. The SMILES string of the molecule is C=C(C)CN(CC)CCC1CCNC1. The molecule has 0 radical (unpaired) electrons. The van der Waals surface area contributed by atoms with Crippen LogP contribution >= 0.6 is 0 Å². The van der Waals surface area contributed by atoms with Gasteiger partial charge in [-0.2, -0.15) is 0 Å². The normalized spacial score (nSPS) is 21.8. The van der Waals surface area contributed by atoms with Gasteiger partial charge in [0.1, 0.15) is 0 Å². The van der Waals surface area contributed by atoms with E-state index in [4.69, 9.17) is 0 Å². The molecule has 1 rings (SSSR count). The number of hydrogen-bond donors (Lipinski definition) is 1. The molecule has 1 heterocycles. The van der Waals surface area contributed by atoms with Crippen LogP contribution in [0.25, 0.3) is 0 Å². The first-order chi connectivity index (χ1) is 6.72. The van der Waals surface area contributed by atoms with Gasteiger partial charge in [-0.1, -0.05) is 19.1 Å². The van der Waals surface area contributed by atoms with Crippen molar-refractivity contribution < 1.29 is 0 Å². The van der Waals surface area contributed by atoms with E-state index in [-0.39, 0.29) is 0 Å². The number of nitrogens with zero attached hydrogens (tertiary/aromatic N) is 1. The number of rotatable bonds is 6.